The molecule has 2 nitrogen and oxygen atoms in total. The van der Waals surface area contributed by atoms with Gasteiger partial charge in [0.1, 0.15) is 6.10 Å². The average molecular weight is 154 g/mol. The number of hydrogen-bond donors (Lipinski definition) is 0. The molecule has 0 aliphatic heterocycles. The molecule has 1 aliphatic carbocycles. The summed E-state index contributed by atoms with van der Waals surface area (Å²) in [5.74, 6) is 0. The first kappa shape index (κ1) is 8.31. The highest BCUT2D eigenvalue weighted by Gasteiger charge is 2.16. The Morgan fingerprint density at radius 2 is 2.18 bits per heavy atom. The molecule has 0 amide bonds. The van der Waals surface area contributed by atoms with Gasteiger partial charge < -0.3 is 4.74 Å². The summed E-state index contributed by atoms with van der Waals surface area (Å²) in [6.07, 6.45) is 3.12. The molecule has 0 bridgehead atoms. The molecular formula is C9H14O2. The molecule has 1 rings (SSSR count). The quantitative estimate of drug-likeness (QED) is 0.449. The van der Waals surface area contributed by atoms with E-state index in [9.17, 15) is 4.79 Å². The fourth-order valence-electron chi connectivity index (χ4n) is 1.40. The van der Waals surface area contributed by atoms with Gasteiger partial charge in [-0.2, -0.15) is 0 Å². The van der Waals surface area contributed by atoms with Crippen LogP contribution in [-0.4, -0.2) is 12.6 Å². The highest BCUT2D eigenvalue weighted by Crippen LogP contribution is 2.25. The van der Waals surface area contributed by atoms with Gasteiger partial charge in [0.15, 0.2) is 0 Å². The normalized spacial score (nSPS) is 25.1. The van der Waals surface area contributed by atoms with Gasteiger partial charge in [-0.05, 0) is 26.7 Å². The van der Waals surface area contributed by atoms with E-state index in [0.29, 0.717) is 6.47 Å². The van der Waals surface area contributed by atoms with Gasteiger partial charge in [-0.25, -0.2) is 0 Å². The lowest BCUT2D eigenvalue weighted by molar-refractivity contribution is -0.133. The highest BCUT2D eigenvalue weighted by atomic mass is 16.5. The van der Waals surface area contributed by atoms with E-state index in [2.05, 4.69) is 13.8 Å². The maximum atomic E-state index is 10.0. The van der Waals surface area contributed by atoms with E-state index < -0.39 is 0 Å². The minimum Gasteiger partial charge on any atom is -0.464 e. The number of hydrogen-bond acceptors (Lipinski definition) is 2. The van der Waals surface area contributed by atoms with Crippen molar-refractivity contribution in [2.75, 3.05) is 0 Å². The second kappa shape index (κ2) is 3.56. The van der Waals surface area contributed by atoms with Crippen LogP contribution in [0.3, 0.4) is 0 Å². The summed E-state index contributed by atoms with van der Waals surface area (Å²) < 4.78 is 4.89. The van der Waals surface area contributed by atoms with Gasteiger partial charge in [0.25, 0.3) is 6.47 Å². The first-order valence-electron chi connectivity index (χ1n) is 3.98. The van der Waals surface area contributed by atoms with E-state index >= 15 is 0 Å². The summed E-state index contributed by atoms with van der Waals surface area (Å²) in [6, 6.07) is 0. The number of carbonyl (C=O) groups is 1. The SMILES string of the molecule is CC1=C(C)CC(OC=O)CC1. The fraction of sp³-hybridized carbons (Fsp3) is 0.667. The zero-order valence-electron chi connectivity index (χ0n) is 7.09. The Balaban J connectivity index is 2.50. The summed E-state index contributed by atoms with van der Waals surface area (Å²) in [6.45, 7) is 4.81. The van der Waals surface area contributed by atoms with E-state index in [1.54, 1.807) is 0 Å². The van der Waals surface area contributed by atoms with Crippen molar-refractivity contribution in [2.24, 2.45) is 0 Å². The zero-order chi connectivity index (χ0) is 8.27. The Bertz CT molecular complexity index is 182. The Labute approximate surface area is 67.2 Å². The van der Waals surface area contributed by atoms with E-state index in [-0.39, 0.29) is 6.10 Å². The first-order chi connectivity index (χ1) is 5.24. The van der Waals surface area contributed by atoms with Crippen molar-refractivity contribution in [1.29, 1.82) is 0 Å². The van der Waals surface area contributed by atoms with Gasteiger partial charge >= 0.3 is 0 Å². The van der Waals surface area contributed by atoms with Crippen molar-refractivity contribution in [3.05, 3.63) is 11.1 Å². The van der Waals surface area contributed by atoms with Gasteiger partial charge in [0, 0.05) is 6.42 Å². The Kier molecular flexibility index (Phi) is 2.69. The molecule has 1 unspecified atom stereocenters. The molecular weight excluding hydrogens is 140 g/mol. The van der Waals surface area contributed by atoms with Crippen molar-refractivity contribution in [3.8, 4) is 0 Å². The zero-order valence-corrected chi connectivity index (χ0v) is 7.09. The third-order valence-corrected chi connectivity index (χ3v) is 2.35. The molecule has 0 heterocycles. The largest absolute Gasteiger partial charge is 0.464 e. The molecule has 11 heavy (non-hydrogen) atoms. The maximum Gasteiger partial charge on any atom is 0.293 e. The molecule has 0 aromatic carbocycles. The fourth-order valence-corrected chi connectivity index (χ4v) is 1.40. The summed E-state index contributed by atoms with van der Waals surface area (Å²) in [4.78, 5) is 10.0. The van der Waals surface area contributed by atoms with E-state index in [1.165, 1.54) is 11.1 Å². The van der Waals surface area contributed by atoms with Gasteiger partial charge in [-0.3, -0.25) is 4.79 Å². The molecule has 1 aliphatic rings. The Morgan fingerprint density at radius 3 is 2.73 bits per heavy atom. The topological polar surface area (TPSA) is 26.3 Å². The molecule has 0 saturated heterocycles. The van der Waals surface area contributed by atoms with Crippen LogP contribution in [0, 0.1) is 0 Å². The van der Waals surface area contributed by atoms with Crippen molar-refractivity contribution >= 4 is 6.47 Å². The lowest BCUT2D eigenvalue weighted by atomic mass is 9.92. The van der Waals surface area contributed by atoms with Crippen LogP contribution >= 0.6 is 0 Å². The minimum absolute atomic E-state index is 0.135. The molecule has 1 atom stereocenters. The first-order valence-corrected chi connectivity index (χ1v) is 3.98. The number of rotatable bonds is 2. The second-order valence-electron chi connectivity index (χ2n) is 3.16. The van der Waals surface area contributed by atoms with Crippen LogP contribution in [0.25, 0.3) is 0 Å². The molecule has 0 aromatic rings. The van der Waals surface area contributed by atoms with Crippen molar-refractivity contribution in [1.82, 2.24) is 0 Å². The third kappa shape index (κ3) is 2.07. The number of allylic oxidation sites excluding steroid dienone is 1. The molecule has 0 aromatic heterocycles. The summed E-state index contributed by atoms with van der Waals surface area (Å²) in [7, 11) is 0. The van der Waals surface area contributed by atoms with E-state index in [0.717, 1.165) is 19.3 Å². The van der Waals surface area contributed by atoms with Crippen LogP contribution in [0.5, 0.6) is 0 Å². The molecule has 0 radical (unpaired) electrons. The van der Waals surface area contributed by atoms with Crippen LogP contribution in [0.1, 0.15) is 33.1 Å². The Hall–Kier alpha value is -0.790. The predicted molar refractivity (Wildman–Crippen MR) is 43.2 cm³/mol. The van der Waals surface area contributed by atoms with Gasteiger partial charge in [0.2, 0.25) is 0 Å². The molecule has 0 fully saturated rings. The van der Waals surface area contributed by atoms with Crippen molar-refractivity contribution in [2.45, 2.75) is 39.2 Å². The molecule has 0 N–H and O–H groups in total. The molecule has 0 saturated carbocycles. The van der Waals surface area contributed by atoms with Crippen molar-refractivity contribution < 1.29 is 9.53 Å². The second-order valence-corrected chi connectivity index (χ2v) is 3.16. The number of ether oxygens (including phenoxy) is 1. The maximum absolute atomic E-state index is 10.0. The molecule has 62 valence electrons. The van der Waals surface area contributed by atoms with Gasteiger partial charge in [-0.15, -0.1) is 0 Å². The smallest absolute Gasteiger partial charge is 0.293 e. The lowest BCUT2D eigenvalue weighted by Crippen LogP contribution is -2.16. The van der Waals surface area contributed by atoms with E-state index in [1.807, 2.05) is 0 Å². The van der Waals surface area contributed by atoms with Crippen LogP contribution in [-0.2, 0) is 9.53 Å². The standard InChI is InChI=1S/C9H14O2/c1-7-3-4-9(11-6-10)5-8(7)2/h6,9H,3-5H2,1-2H3. The van der Waals surface area contributed by atoms with E-state index in [4.69, 9.17) is 4.74 Å². The average Bonchev–Trinajstić information content (AvgIpc) is 1.98. The van der Waals surface area contributed by atoms with Crippen molar-refractivity contribution in [3.63, 3.8) is 0 Å². The molecule has 2 heteroatoms. The van der Waals surface area contributed by atoms with Crippen LogP contribution in [0.15, 0.2) is 11.1 Å². The van der Waals surface area contributed by atoms with Gasteiger partial charge in [0.05, 0.1) is 0 Å². The number of carbonyl (C=O) groups excluding carboxylic acids is 1. The van der Waals surface area contributed by atoms with Crippen LogP contribution in [0.2, 0.25) is 0 Å². The minimum atomic E-state index is 0.135. The summed E-state index contributed by atoms with van der Waals surface area (Å²) >= 11 is 0. The van der Waals surface area contributed by atoms with Crippen LogP contribution in [0.4, 0.5) is 0 Å². The predicted octanol–water partition coefficient (Wildman–Crippen LogP) is 2.05. The summed E-state index contributed by atoms with van der Waals surface area (Å²) in [5.41, 5.74) is 2.83. The Morgan fingerprint density at radius 1 is 1.45 bits per heavy atom. The summed E-state index contributed by atoms with van der Waals surface area (Å²) in [5, 5.41) is 0. The van der Waals surface area contributed by atoms with Gasteiger partial charge in [-0.1, -0.05) is 11.1 Å². The van der Waals surface area contributed by atoms with Crippen LogP contribution < -0.4 is 0 Å². The third-order valence-electron chi connectivity index (χ3n) is 2.35. The highest BCUT2D eigenvalue weighted by molar-refractivity contribution is 5.37. The monoisotopic (exact) mass is 154 g/mol. The lowest BCUT2D eigenvalue weighted by Gasteiger charge is -2.22. The molecule has 0 spiro atoms.